The molecule has 0 aliphatic rings. The predicted molar refractivity (Wildman–Crippen MR) is 74.3 cm³/mol. The van der Waals surface area contributed by atoms with Gasteiger partial charge in [0.1, 0.15) is 6.61 Å². The predicted octanol–water partition coefficient (Wildman–Crippen LogP) is 1.32. The highest BCUT2D eigenvalue weighted by molar-refractivity contribution is 6.33. The molecule has 0 aliphatic heterocycles. The van der Waals surface area contributed by atoms with Gasteiger partial charge in [-0.05, 0) is 18.2 Å². The maximum Gasteiger partial charge on any atom is 0.250 e. The lowest BCUT2D eigenvalue weighted by Gasteiger charge is -2.15. The van der Waals surface area contributed by atoms with Crippen molar-refractivity contribution in [2.24, 2.45) is 5.73 Å². The average molecular weight is 272 g/mol. The van der Waals surface area contributed by atoms with Gasteiger partial charge in [0.2, 0.25) is 5.91 Å². The maximum absolute atomic E-state index is 11.5. The summed E-state index contributed by atoms with van der Waals surface area (Å²) in [6.07, 6.45) is 0. The normalized spacial score (nSPS) is 10.2. The lowest BCUT2D eigenvalue weighted by Crippen LogP contribution is -2.20. The molecule has 100 valence electrons. The van der Waals surface area contributed by atoms with Gasteiger partial charge < -0.3 is 20.7 Å². The Hall–Kier alpha value is -1.30. The molecule has 0 aliphatic carbocycles. The van der Waals surface area contributed by atoms with Crippen LogP contribution in [-0.2, 0) is 9.53 Å². The number of hydrogen-bond donors (Lipinski definition) is 2. The summed E-state index contributed by atoms with van der Waals surface area (Å²) in [7, 11) is 3.81. The molecule has 1 aromatic carbocycles. The van der Waals surface area contributed by atoms with Gasteiger partial charge in [-0.15, -0.1) is 0 Å². The summed E-state index contributed by atoms with van der Waals surface area (Å²) < 4.78 is 5.03. The summed E-state index contributed by atoms with van der Waals surface area (Å²) >= 11 is 6.09. The van der Waals surface area contributed by atoms with Gasteiger partial charge in [0.25, 0.3) is 0 Å². The zero-order chi connectivity index (χ0) is 13.5. The maximum atomic E-state index is 11.5. The molecule has 1 aromatic rings. The molecule has 0 atom stereocenters. The van der Waals surface area contributed by atoms with Gasteiger partial charge in [-0.25, -0.2) is 0 Å². The number of nitrogens with one attached hydrogen (secondary N) is 1. The highest BCUT2D eigenvalue weighted by Crippen LogP contribution is 2.27. The monoisotopic (exact) mass is 271 g/mol. The minimum absolute atomic E-state index is 0.00967. The van der Waals surface area contributed by atoms with Crippen molar-refractivity contribution >= 4 is 28.9 Å². The molecule has 0 saturated carbocycles. The van der Waals surface area contributed by atoms with Crippen molar-refractivity contribution < 1.29 is 9.53 Å². The summed E-state index contributed by atoms with van der Waals surface area (Å²) in [4.78, 5) is 13.4. The second-order valence-corrected chi connectivity index (χ2v) is 4.36. The smallest absolute Gasteiger partial charge is 0.250 e. The van der Waals surface area contributed by atoms with E-state index in [4.69, 9.17) is 22.1 Å². The van der Waals surface area contributed by atoms with Crippen LogP contribution in [0.2, 0.25) is 5.02 Å². The standard InChI is InChI=1S/C12H18ClN3O2/c1-16(2)11-4-3-9(7-10(11)13)15-12(17)8-18-6-5-14/h3-4,7H,5-6,8,14H2,1-2H3,(H,15,17). The van der Waals surface area contributed by atoms with E-state index in [-0.39, 0.29) is 12.5 Å². The van der Waals surface area contributed by atoms with E-state index in [2.05, 4.69) is 5.32 Å². The molecule has 1 amide bonds. The summed E-state index contributed by atoms with van der Waals surface area (Å²) in [5.74, 6) is -0.225. The Kier molecular flexibility index (Phi) is 5.91. The van der Waals surface area contributed by atoms with Crippen molar-refractivity contribution in [3.63, 3.8) is 0 Å². The molecule has 1 rings (SSSR count). The van der Waals surface area contributed by atoms with E-state index < -0.39 is 0 Å². The Labute approximate surface area is 112 Å². The minimum atomic E-state index is -0.225. The van der Waals surface area contributed by atoms with Crippen molar-refractivity contribution in [1.29, 1.82) is 0 Å². The van der Waals surface area contributed by atoms with Crippen LogP contribution in [0.5, 0.6) is 0 Å². The SMILES string of the molecule is CN(C)c1ccc(NC(=O)COCCN)cc1Cl. The first-order valence-electron chi connectivity index (χ1n) is 5.59. The summed E-state index contributed by atoms with van der Waals surface area (Å²) in [6.45, 7) is 0.759. The number of nitrogens with two attached hydrogens (primary N) is 1. The Morgan fingerprint density at radius 2 is 2.22 bits per heavy atom. The van der Waals surface area contributed by atoms with Crippen molar-refractivity contribution in [2.75, 3.05) is 44.1 Å². The third kappa shape index (κ3) is 4.52. The van der Waals surface area contributed by atoms with Gasteiger partial charge in [-0.1, -0.05) is 11.6 Å². The van der Waals surface area contributed by atoms with Gasteiger partial charge in [0.15, 0.2) is 0 Å². The van der Waals surface area contributed by atoms with E-state index in [1.807, 2.05) is 25.1 Å². The highest BCUT2D eigenvalue weighted by atomic mass is 35.5. The zero-order valence-corrected chi connectivity index (χ0v) is 11.3. The van der Waals surface area contributed by atoms with Gasteiger partial charge in [0, 0.05) is 26.3 Å². The fourth-order valence-corrected chi connectivity index (χ4v) is 1.74. The van der Waals surface area contributed by atoms with E-state index in [9.17, 15) is 4.79 Å². The molecule has 0 fully saturated rings. The molecule has 0 bridgehead atoms. The van der Waals surface area contributed by atoms with Crippen LogP contribution in [0.15, 0.2) is 18.2 Å². The van der Waals surface area contributed by atoms with Crippen LogP contribution in [0.3, 0.4) is 0 Å². The topological polar surface area (TPSA) is 67.6 Å². The number of carbonyl (C=O) groups is 1. The first-order chi connectivity index (χ1) is 8.54. The molecule has 5 nitrogen and oxygen atoms in total. The van der Waals surface area contributed by atoms with Crippen LogP contribution in [-0.4, -0.2) is 39.8 Å². The fourth-order valence-electron chi connectivity index (χ4n) is 1.39. The van der Waals surface area contributed by atoms with E-state index in [1.54, 1.807) is 12.1 Å². The Morgan fingerprint density at radius 3 is 2.78 bits per heavy atom. The zero-order valence-electron chi connectivity index (χ0n) is 10.6. The molecule has 0 radical (unpaired) electrons. The van der Waals surface area contributed by atoms with E-state index in [1.165, 1.54) is 0 Å². The van der Waals surface area contributed by atoms with Crippen LogP contribution in [0.1, 0.15) is 0 Å². The largest absolute Gasteiger partial charge is 0.376 e. The van der Waals surface area contributed by atoms with E-state index in [0.29, 0.717) is 23.9 Å². The van der Waals surface area contributed by atoms with Crippen LogP contribution < -0.4 is 16.0 Å². The number of amides is 1. The molecule has 0 aromatic heterocycles. The lowest BCUT2D eigenvalue weighted by atomic mass is 10.2. The van der Waals surface area contributed by atoms with Gasteiger partial charge in [-0.3, -0.25) is 4.79 Å². The lowest BCUT2D eigenvalue weighted by molar-refractivity contribution is -0.120. The molecule has 0 heterocycles. The number of hydrogen-bond acceptors (Lipinski definition) is 4. The molecular formula is C12H18ClN3O2. The Morgan fingerprint density at radius 1 is 1.50 bits per heavy atom. The fraction of sp³-hybridized carbons (Fsp3) is 0.417. The second kappa shape index (κ2) is 7.20. The highest BCUT2D eigenvalue weighted by Gasteiger charge is 2.06. The van der Waals surface area contributed by atoms with Crippen molar-refractivity contribution in [3.05, 3.63) is 23.2 Å². The Balaban J connectivity index is 2.58. The van der Waals surface area contributed by atoms with Crippen LogP contribution in [0.4, 0.5) is 11.4 Å². The molecule has 18 heavy (non-hydrogen) atoms. The first-order valence-corrected chi connectivity index (χ1v) is 5.97. The van der Waals surface area contributed by atoms with Gasteiger partial charge >= 0.3 is 0 Å². The average Bonchev–Trinajstić information content (AvgIpc) is 2.28. The summed E-state index contributed by atoms with van der Waals surface area (Å²) in [6, 6.07) is 5.35. The van der Waals surface area contributed by atoms with Crippen molar-refractivity contribution in [3.8, 4) is 0 Å². The van der Waals surface area contributed by atoms with Crippen LogP contribution in [0.25, 0.3) is 0 Å². The third-order valence-electron chi connectivity index (χ3n) is 2.21. The number of anilines is 2. The number of halogens is 1. The minimum Gasteiger partial charge on any atom is -0.376 e. The number of ether oxygens (including phenoxy) is 1. The van der Waals surface area contributed by atoms with Crippen LogP contribution >= 0.6 is 11.6 Å². The molecule has 6 heteroatoms. The Bertz CT molecular complexity index is 410. The second-order valence-electron chi connectivity index (χ2n) is 3.95. The quantitative estimate of drug-likeness (QED) is 0.766. The number of nitrogens with zero attached hydrogens (tertiary/aromatic N) is 1. The third-order valence-corrected chi connectivity index (χ3v) is 2.51. The molecule has 3 N–H and O–H groups in total. The number of benzene rings is 1. The van der Waals surface area contributed by atoms with Gasteiger partial charge in [-0.2, -0.15) is 0 Å². The molecule has 0 spiro atoms. The molecule has 0 unspecified atom stereocenters. The summed E-state index contributed by atoms with van der Waals surface area (Å²) in [5, 5.41) is 3.28. The van der Waals surface area contributed by atoms with Gasteiger partial charge in [0.05, 0.1) is 17.3 Å². The number of carbonyl (C=O) groups excluding carboxylic acids is 1. The van der Waals surface area contributed by atoms with Crippen molar-refractivity contribution in [2.45, 2.75) is 0 Å². The summed E-state index contributed by atoms with van der Waals surface area (Å²) in [5.41, 5.74) is 6.80. The van der Waals surface area contributed by atoms with Crippen molar-refractivity contribution in [1.82, 2.24) is 0 Å². The van der Waals surface area contributed by atoms with E-state index in [0.717, 1.165) is 5.69 Å². The first kappa shape index (κ1) is 14.8. The molecule has 0 saturated heterocycles. The molecular weight excluding hydrogens is 254 g/mol. The van der Waals surface area contributed by atoms with Crippen LogP contribution in [0, 0.1) is 0 Å². The number of rotatable bonds is 6. The van der Waals surface area contributed by atoms with E-state index >= 15 is 0 Å².